The number of carbonyl (C=O) groups excluding carboxylic acids is 2. The molecule has 0 saturated heterocycles. The second-order valence-corrected chi connectivity index (χ2v) is 6.55. The maximum atomic E-state index is 12.8. The van der Waals surface area contributed by atoms with E-state index in [0.717, 1.165) is 23.7 Å². The maximum Gasteiger partial charge on any atom is 0.194 e. The summed E-state index contributed by atoms with van der Waals surface area (Å²) in [6.45, 7) is 3.87. The molecule has 3 rings (SSSR count). The smallest absolute Gasteiger partial charge is 0.194 e. The molecular weight excluding hydrogens is 264 g/mol. The fourth-order valence-electron chi connectivity index (χ4n) is 3.29. The summed E-state index contributed by atoms with van der Waals surface area (Å²) in [6, 6.07) is 7.65. The molecule has 0 aliphatic heterocycles. The Bertz CT molecular complexity index is 727. The monoisotopic (exact) mass is 284 g/mol. The highest BCUT2D eigenvalue weighted by atomic mass is 16.2. The van der Waals surface area contributed by atoms with Crippen molar-refractivity contribution in [2.24, 2.45) is 18.4 Å². The van der Waals surface area contributed by atoms with Crippen molar-refractivity contribution < 1.29 is 9.59 Å². The van der Waals surface area contributed by atoms with E-state index in [4.69, 9.17) is 0 Å². The number of aromatic nitrogens is 2. The molecule has 1 aromatic carbocycles. The Labute approximate surface area is 124 Å². The quantitative estimate of drug-likeness (QED) is 0.629. The zero-order chi connectivity index (χ0) is 15.2. The minimum atomic E-state index is -0.535. The Morgan fingerprint density at radius 1 is 1.33 bits per heavy atom. The predicted molar refractivity (Wildman–Crippen MR) is 81.2 cm³/mol. The molecule has 0 bridgehead atoms. The molecule has 1 aromatic heterocycles. The van der Waals surface area contributed by atoms with E-state index in [-0.39, 0.29) is 11.6 Å². The number of carbonyl (C=O) groups is 2. The predicted octanol–water partition coefficient (Wildman–Crippen LogP) is 3.15. The van der Waals surface area contributed by atoms with Crippen molar-refractivity contribution in [1.29, 1.82) is 0 Å². The van der Waals surface area contributed by atoms with E-state index in [1.807, 2.05) is 45.2 Å². The Morgan fingerprint density at radius 3 is 2.81 bits per heavy atom. The van der Waals surface area contributed by atoms with Gasteiger partial charge in [-0.15, -0.1) is 0 Å². The summed E-state index contributed by atoms with van der Waals surface area (Å²) in [4.78, 5) is 25.4. The van der Waals surface area contributed by atoms with Crippen molar-refractivity contribution in [3.8, 4) is 0 Å². The first-order valence-corrected chi connectivity index (χ1v) is 7.42. The summed E-state index contributed by atoms with van der Waals surface area (Å²) in [5.74, 6) is -0.592. The molecule has 0 radical (unpaired) electrons. The maximum absolute atomic E-state index is 12.8. The van der Waals surface area contributed by atoms with Crippen molar-refractivity contribution in [2.45, 2.75) is 33.1 Å². The fourth-order valence-corrected chi connectivity index (χ4v) is 3.29. The number of nitrogens with zero attached hydrogens (tertiary/aromatic N) is 2. The number of Topliss-reactive ketones (excluding diaryl/α,β-unsaturated/α-hetero) is 2. The third-order valence-corrected chi connectivity index (χ3v) is 4.59. The van der Waals surface area contributed by atoms with Crippen LogP contribution in [-0.4, -0.2) is 21.3 Å². The molecule has 0 N–H and O–H groups in total. The molecule has 1 heterocycles. The van der Waals surface area contributed by atoms with Gasteiger partial charge in [-0.1, -0.05) is 38.5 Å². The summed E-state index contributed by atoms with van der Waals surface area (Å²) in [5, 5.41) is 5.20. The SMILES string of the molecule is Cn1nc(C(=O)C2CCCC(C)(C)C2=O)c2ccccc21. The number of rotatable bonds is 2. The Morgan fingerprint density at radius 2 is 2.05 bits per heavy atom. The van der Waals surface area contributed by atoms with Crippen LogP contribution in [0.1, 0.15) is 43.6 Å². The van der Waals surface area contributed by atoms with Crippen molar-refractivity contribution >= 4 is 22.5 Å². The molecule has 1 fully saturated rings. The van der Waals surface area contributed by atoms with E-state index in [1.54, 1.807) is 4.68 Å². The average molecular weight is 284 g/mol. The van der Waals surface area contributed by atoms with Crippen LogP contribution in [0.15, 0.2) is 24.3 Å². The Kier molecular flexibility index (Phi) is 3.19. The molecule has 21 heavy (non-hydrogen) atoms. The summed E-state index contributed by atoms with van der Waals surface area (Å²) >= 11 is 0. The molecule has 2 aromatic rings. The van der Waals surface area contributed by atoms with Crippen LogP contribution in [0.5, 0.6) is 0 Å². The van der Waals surface area contributed by atoms with Crippen molar-refractivity contribution in [2.75, 3.05) is 0 Å². The Balaban J connectivity index is 2.03. The molecule has 110 valence electrons. The topological polar surface area (TPSA) is 52.0 Å². The van der Waals surface area contributed by atoms with Crippen LogP contribution >= 0.6 is 0 Å². The van der Waals surface area contributed by atoms with Gasteiger partial charge in [-0.3, -0.25) is 14.3 Å². The number of hydrogen-bond acceptors (Lipinski definition) is 3. The van der Waals surface area contributed by atoms with E-state index in [2.05, 4.69) is 5.10 Å². The molecular formula is C17H20N2O2. The molecule has 4 nitrogen and oxygen atoms in total. The average Bonchev–Trinajstić information content (AvgIpc) is 2.79. The van der Waals surface area contributed by atoms with Crippen molar-refractivity contribution in [3.05, 3.63) is 30.0 Å². The minimum absolute atomic E-state index is 0.0634. The van der Waals surface area contributed by atoms with E-state index < -0.39 is 11.3 Å². The first kappa shape index (κ1) is 14.0. The normalized spacial score (nSPS) is 21.7. The van der Waals surface area contributed by atoms with Crippen LogP contribution in [0, 0.1) is 11.3 Å². The zero-order valence-electron chi connectivity index (χ0n) is 12.7. The molecule has 1 saturated carbocycles. The second-order valence-electron chi connectivity index (χ2n) is 6.55. The summed E-state index contributed by atoms with van der Waals surface area (Å²) < 4.78 is 1.71. The van der Waals surface area contributed by atoms with Crippen LogP contribution in [-0.2, 0) is 11.8 Å². The van der Waals surface area contributed by atoms with Crippen molar-refractivity contribution in [3.63, 3.8) is 0 Å². The van der Waals surface area contributed by atoms with Crippen LogP contribution in [0.4, 0.5) is 0 Å². The molecule has 1 aliphatic rings. The first-order chi connectivity index (χ1) is 9.92. The van der Waals surface area contributed by atoms with Crippen LogP contribution in [0.25, 0.3) is 10.9 Å². The number of hydrogen-bond donors (Lipinski definition) is 0. The number of benzene rings is 1. The van der Waals surface area contributed by atoms with Crippen molar-refractivity contribution in [1.82, 2.24) is 9.78 Å². The lowest BCUT2D eigenvalue weighted by Gasteiger charge is -2.32. The molecule has 1 atom stereocenters. The minimum Gasteiger partial charge on any atom is -0.298 e. The van der Waals surface area contributed by atoms with Gasteiger partial charge in [0.15, 0.2) is 5.78 Å². The molecule has 1 unspecified atom stereocenters. The van der Waals surface area contributed by atoms with Crippen LogP contribution in [0.3, 0.4) is 0 Å². The van der Waals surface area contributed by atoms with Gasteiger partial charge in [-0.25, -0.2) is 0 Å². The summed E-state index contributed by atoms with van der Waals surface area (Å²) in [6.07, 6.45) is 2.42. The Hall–Kier alpha value is -1.97. The van der Waals surface area contributed by atoms with E-state index in [1.165, 1.54) is 0 Å². The van der Waals surface area contributed by atoms with Gasteiger partial charge in [0, 0.05) is 17.8 Å². The molecule has 1 aliphatic carbocycles. The highest BCUT2D eigenvalue weighted by molar-refractivity contribution is 6.16. The van der Waals surface area contributed by atoms with Gasteiger partial charge in [0.25, 0.3) is 0 Å². The second kappa shape index (κ2) is 4.79. The largest absolute Gasteiger partial charge is 0.298 e. The highest BCUT2D eigenvalue weighted by Crippen LogP contribution is 2.37. The summed E-state index contributed by atoms with van der Waals surface area (Å²) in [5.41, 5.74) is 0.955. The van der Waals surface area contributed by atoms with Gasteiger partial charge >= 0.3 is 0 Å². The molecule has 0 amide bonds. The van der Waals surface area contributed by atoms with Gasteiger partial charge < -0.3 is 0 Å². The van der Waals surface area contributed by atoms with Crippen LogP contribution < -0.4 is 0 Å². The van der Waals surface area contributed by atoms with Gasteiger partial charge in [-0.05, 0) is 18.9 Å². The molecule has 0 spiro atoms. The lowest BCUT2D eigenvalue weighted by Crippen LogP contribution is -2.39. The summed E-state index contributed by atoms with van der Waals surface area (Å²) in [7, 11) is 1.83. The number of fused-ring (bicyclic) bond motifs is 1. The fraction of sp³-hybridized carbons (Fsp3) is 0.471. The number of ketones is 2. The van der Waals surface area contributed by atoms with Gasteiger partial charge in [0.1, 0.15) is 11.5 Å². The third kappa shape index (κ3) is 2.19. The number of para-hydroxylation sites is 1. The first-order valence-electron chi connectivity index (χ1n) is 7.42. The van der Waals surface area contributed by atoms with Gasteiger partial charge in [0.05, 0.1) is 11.4 Å². The van der Waals surface area contributed by atoms with Crippen LogP contribution in [0.2, 0.25) is 0 Å². The van der Waals surface area contributed by atoms with E-state index in [9.17, 15) is 9.59 Å². The van der Waals surface area contributed by atoms with Gasteiger partial charge in [0.2, 0.25) is 0 Å². The standard InChI is InChI=1S/C17H20N2O2/c1-17(2)10-6-8-12(16(17)21)15(20)14-11-7-4-5-9-13(11)19(3)18-14/h4-5,7,9,12H,6,8,10H2,1-3H3. The van der Waals surface area contributed by atoms with Gasteiger partial charge in [-0.2, -0.15) is 5.10 Å². The zero-order valence-corrected chi connectivity index (χ0v) is 12.7. The molecule has 4 heteroatoms. The van der Waals surface area contributed by atoms with E-state index >= 15 is 0 Å². The lowest BCUT2D eigenvalue weighted by molar-refractivity contribution is -0.132. The highest BCUT2D eigenvalue weighted by Gasteiger charge is 2.41. The third-order valence-electron chi connectivity index (χ3n) is 4.59. The van der Waals surface area contributed by atoms with E-state index in [0.29, 0.717) is 12.1 Å². The number of aryl methyl sites for hydroxylation is 1. The lowest BCUT2D eigenvalue weighted by atomic mass is 9.69.